The van der Waals surface area contributed by atoms with E-state index in [4.69, 9.17) is 15.2 Å². The zero-order chi connectivity index (χ0) is 14.8. The van der Waals surface area contributed by atoms with Crippen LogP contribution in [0, 0.1) is 0 Å². The van der Waals surface area contributed by atoms with Gasteiger partial charge in [0.1, 0.15) is 5.60 Å². The van der Waals surface area contributed by atoms with Crippen LogP contribution in [-0.2, 0) is 4.74 Å². The minimum atomic E-state index is -1.02. The maximum Gasteiger partial charge on any atom is 0.255 e. The van der Waals surface area contributed by atoms with E-state index in [1.807, 2.05) is 0 Å². The van der Waals surface area contributed by atoms with E-state index in [-0.39, 0.29) is 18.6 Å². The molecule has 2 atom stereocenters. The number of carbonyl (C=O) groups excluding carboxylic acids is 1. The smallest absolute Gasteiger partial charge is 0.255 e. The molecule has 0 saturated carbocycles. The Kier molecular flexibility index (Phi) is 4.15. The number of anilines is 1. The molecule has 6 nitrogen and oxygen atoms in total. The SMILES string of the molecule is COc1c(N)cccc1C(=O)NCC1(O)CCOC1C. The third kappa shape index (κ3) is 2.71. The van der Waals surface area contributed by atoms with Crippen LogP contribution in [0.25, 0.3) is 0 Å². The first-order valence-corrected chi connectivity index (χ1v) is 6.52. The first-order chi connectivity index (χ1) is 9.48. The molecule has 0 aromatic heterocycles. The van der Waals surface area contributed by atoms with Gasteiger partial charge in [0.2, 0.25) is 0 Å². The maximum atomic E-state index is 12.2. The number of para-hydroxylation sites is 1. The average molecular weight is 280 g/mol. The van der Waals surface area contributed by atoms with Gasteiger partial charge in [-0.05, 0) is 19.1 Å². The van der Waals surface area contributed by atoms with Gasteiger partial charge in [-0.1, -0.05) is 6.07 Å². The Labute approximate surface area is 117 Å². The number of rotatable bonds is 4. The van der Waals surface area contributed by atoms with E-state index in [1.54, 1.807) is 25.1 Å². The maximum absolute atomic E-state index is 12.2. The van der Waals surface area contributed by atoms with Crippen LogP contribution in [0.3, 0.4) is 0 Å². The van der Waals surface area contributed by atoms with Crippen molar-refractivity contribution < 1.29 is 19.4 Å². The number of benzene rings is 1. The Balaban J connectivity index is 2.08. The number of methoxy groups -OCH3 is 1. The molecule has 4 N–H and O–H groups in total. The first kappa shape index (κ1) is 14.6. The summed E-state index contributed by atoms with van der Waals surface area (Å²) < 4.78 is 10.5. The molecule has 1 aromatic carbocycles. The van der Waals surface area contributed by atoms with Crippen LogP contribution >= 0.6 is 0 Å². The van der Waals surface area contributed by atoms with E-state index in [9.17, 15) is 9.90 Å². The lowest BCUT2D eigenvalue weighted by Gasteiger charge is -2.26. The van der Waals surface area contributed by atoms with Crippen molar-refractivity contribution in [3.63, 3.8) is 0 Å². The number of nitrogen functional groups attached to an aromatic ring is 1. The molecule has 1 saturated heterocycles. The van der Waals surface area contributed by atoms with Gasteiger partial charge in [0.15, 0.2) is 5.75 Å². The third-order valence-corrected chi connectivity index (χ3v) is 3.71. The van der Waals surface area contributed by atoms with Crippen LogP contribution in [0.4, 0.5) is 5.69 Å². The molecule has 6 heteroatoms. The Bertz CT molecular complexity index is 506. The second kappa shape index (κ2) is 5.68. The third-order valence-electron chi connectivity index (χ3n) is 3.71. The highest BCUT2D eigenvalue weighted by Crippen LogP contribution is 2.27. The molecule has 0 spiro atoms. The molecule has 1 fully saturated rings. The largest absolute Gasteiger partial charge is 0.494 e. The van der Waals surface area contributed by atoms with E-state index in [1.165, 1.54) is 7.11 Å². The summed E-state index contributed by atoms with van der Waals surface area (Å²) in [6.07, 6.45) is 0.202. The summed E-state index contributed by atoms with van der Waals surface area (Å²) in [6.45, 7) is 2.42. The standard InChI is InChI=1S/C14H20N2O4/c1-9-14(18,6-7-20-9)8-16-13(17)10-4-3-5-11(15)12(10)19-2/h3-5,9,18H,6-8,15H2,1-2H3,(H,16,17). The monoisotopic (exact) mass is 280 g/mol. The summed E-state index contributed by atoms with van der Waals surface area (Å²) in [5.74, 6) is 0.00869. The second-order valence-corrected chi connectivity index (χ2v) is 4.98. The van der Waals surface area contributed by atoms with Gasteiger partial charge < -0.3 is 25.6 Å². The number of nitrogens with one attached hydrogen (secondary N) is 1. The summed E-state index contributed by atoms with van der Waals surface area (Å²) >= 11 is 0. The topological polar surface area (TPSA) is 93.8 Å². The van der Waals surface area contributed by atoms with E-state index in [0.717, 1.165) is 0 Å². The summed E-state index contributed by atoms with van der Waals surface area (Å²) in [7, 11) is 1.46. The van der Waals surface area contributed by atoms with E-state index < -0.39 is 5.60 Å². The van der Waals surface area contributed by atoms with Crippen LogP contribution in [0.5, 0.6) is 5.75 Å². The molecule has 1 aliphatic heterocycles. The highest BCUT2D eigenvalue weighted by Gasteiger charge is 2.39. The number of amides is 1. The van der Waals surface area contributed by atoms with Crippen molar-refractivity contribution >= 4 is 11.6 Å². The molecule has 20 heavy (non-hydrogen) atoms. The lowest BCUT2D eigenvalue weighted by molar-refractivity contribution is -0.0251. The quantitative estimate of drug-likeness (QED) is 0.700. The number of hydrogen-bond donors (Lipinski definition) is 3. The second-order valence-electron chi connectivity index (χ2n) is 4.98. The minimum Gasteiger partial charge on any atom is -0.494 e. The lowest BCUT2D eigenvalue weighted by Crippen LogP contribution is -2.47. The summed E-state index contributed by atoms with van der Waals surface area (Å²) in [4.78, 5) is 12.2. The molecule has 0 bridgehead atoms. The zero-order valence-electron chi connectivity index (χ0n) is 11.7. The molecule has 1 aromatic rings. The summed E-state index contributed by atoms with van der Waals surface area (Å²) in [5.41, 5.74) is 5.49. The number of hydrogen-bond acceptors (Lipinski definition) is 5. The van der Waals surface area contributed by atoms with Crippen molar-refractivity contribution in [3.05, 3.63) is 23.8 Å². The molecule has 0 radical (unpaired) electrons. The number of aliphatic hydroxyl groups is 1. The molecule has 2 rings (SSSR count). The van der Waals surface area contributed by atoms with Crippen molar-refractivity contribution in [2.75, 3.05) is 26.0 Å². The summed E-state index contributed by atoms with van der Waals surface area (Å²) in [6, 6.07) is 4.97. The highest BCUT2D eigenvalue weighted by atomic mass is 16.5. The molecule has 1 aliphatic rings. The fraction of sp³-hybridized carbons (Fsp3) is 0.500. The van der Waals surface area contributed by atoms with Crippen LogP contribution in [0.15, 0.2) is 18.2 Å². The number of ether oxygens (including phenoxy) is 2. The fourth-order valence-corrected chi connectivity index (χ4v) is 2.29. The Morgan fingerprint density at radius 1 is 1.65 bits per heavy atom. The Morgan fingerprint density at radius 3 is 3.00 bits per heavy atom. The zero-order valence-corrected chi connectivity index (χ0v) is 11.7. The number of nitrogens with two attached hydrogens (primary N) is 1. The van der Waals surface area contributed by atoms with E-state index >= 15 is 0 Å². The lowest BCUT2D eigenvalue weighted by atomic mass is 9.96. The van der Waals surface area contributed by atoms with Crippen molar-refractivity contribution in [2.24, 2.45) is 0 Å². The molecule has 110 valence electrons. The van der Waals surface area contributed by atoms with Gasteiger partial charge in [-0.2, -0.15) is 0 Å². The van der Waals surface area contributed by atoms with Gasteiger partial charge in [-0.15, -0.1) is 0 Å². The van der Waals surface area contributed by atoms with E-state index in [2.05, 4.69) is 5.32 Å². The van der Waals surface area contributed by atoms with Crippen molar-refractivity contribution in [3.8, 4) is 5.75 Å². The van der Waals surface area contributed by atoms with Crippen molar-refractivity contribution in [1.82, 2.24) is 5.32 Å². The van der Waals surface area contributed by atoms with Gasteiger partial charge in [-0.3, -0.25) is 4.79 Å². The fourth-order valence-electron chi connectivity index (χ4n) is 2.29. The van der Waals surface area contributed by atoms with E-state index in [0.29, 0.717) is 30.0 Å². The average Bonchev–Trinajstić information content (AvgIpc) is 2.76. The van der Waals surface area contributed by atoms with Gasteiger partial charge in [-0.25, -0.2) is 0 Å². The molecule has 2 unspecified atom stereocenters. The van der Waals surface area contributed by atoms with Crippen LogP contribution in [0.1, 0.15) is 23.7 Å². The van der Waals surface area contributed by atoms with Crippen LogP contribution in [0.2, 0.25) is 0 Å². The normalized spacial score (nSPS) is 25.4. The van der Waals surface area contributed by atoms with Crippen LogP contribution < -0.4 is 15.8 Å². The minimum absolute atomic E-state index is 0.130. The van der Waals surface area contributed by atoms with Gasteiger partial charge in [0.05, 0.1) is 24.5 Å². The molecular weight excluding hydrogens is 260 g/mol. The highest BCUT2D eigenvalue weighted by molar-refractivity contribution is 5.98. The van der Waals surface area contributed by atoms with Gasteiger partial charge in [0, 0.05) is 19.6 Å². The van der Waals surface area contributed by atoms with Gasteiger partial charge in [0.25, 0.3) is 5.91 Å². The van der Waals surface area contributed by atoms with Gasteiger partial charge >= 0.3 is 0 Å². The van der Waals surface area contributed by atoms with Crippen LogP contribution in [-0.4, -0.2) is 43.0 Å². The predicted octanol–water partition coefficient (Wildman–Crippen LogP) is 0.547. The number of carbonyl (C=O) groups is 1. The Morgan fingerprint density at radius 2 is 2.40 bits per heavy atom. The van der Waals surface area contributed by atoms with Crippen molar-refractivity contribution in [2.45, 2.75) is 25.0 Å². The molecule has 0 aliphatic carbocycles. The molecule has 1 heterocycles. The van der Waals surface area contributed by atoms with Crippen molar-refractivity contribution in [1.29, 1.82) is 0 Å². The predicted molar refractivity (Wildman–Crippen MR) is 74.7 cm³/mol. The molecule has 1 amide bonds. The molecular formula is C14H20N2O4. The first-order valence-electron chi connectivity index (χ1n) is 6.52. The Hall–Kier alpha value is -1.79. The summed E-state index contributed by atoms with van der Waals surface area (Å²) in [5, 5.41) is 13.1.